The fraction of sp³-hybridized carbons (Fsp3) is 0.105. The van der Waals surface area contributed by atoms with Crippen molar-refractivity contribution in [1.82, 2.24) is 10.3 Å². The van der Waals surface area contributed by atoms with Gasteiger partial charge in [-0.05, 0) is 28.8 Å². The van der Waals surface area contributed by atoms with Crippen LogP contribution in [0.25, 0.3) is 11.1 Å². The number of pyridine rings is 1. The first kappa shape index (κ1) is 16.2. The van der Waals surface area contributed by atoms with Gasteiger partial charge in [-0.2, -0.15) is 0 Å². The molecule has 0 amide bonds. The summed E-state index contributed by atoms with van der Waals surface area (Å²) in [7, 11) is 0. The molecule has 2 aromatic carbocycles. The molecule has 1 N–H and O–H groups in total. The second-order valence-electron chi connectivity index (χ2n) is 4.99. The van der Waals surface area contributed by atoms with Crippen LogP contribution in [0.3, 0.4) is 0 Å². The molecule has 0 fully saturated rings. The van der Waals surface area contributed by atoms with E-state index in [0.717, 1.165) is 18.8 Å². The first-order chi connectivity index (χ1) is 10.4. The molecule has 0 radical (unpaired) electrons. The Morgan fingerprint density at radius 1 is 0.682 bits per heavy atom. The van der Waals surface area contributed by atoms with Crippen molar-refractivity contribution in [3.63, 3.8) is 0 Å². The highest BCUT2D eigenvalue weighted by molar-refractivity contribution is 5.63. The number of halogens is 1. The molecule has 2 nitrogen and oxygen atoms in total. The first-order valence-corrected chi connectivity index (χ1v) is 7.17. The Morgan fingerprint density at radius 3 is 2.05 bits per heavy atom. The quantitative estimate of drug-likeness (QED) is 0.762. The van der Waals surface area contributed by atoms with Crippen LogP contribution >= 0.6 is 0 Å². The van der Waals surface area contributed by atoms with E-state index in [4.69, 9.17) is 0 Å². The van der Waals surface area contributed by atoms with Crippen molar-refractivity contribution in [3.8, 4) is 11.1 Å². The van der Waals surface area contributed by atoms with Gasteiger partial charge in [0.05, 0.1) is 5.69 Å². The number of aromatic nitrogens is 1. The van der Waals surface area contributed by atoms with Crippen LogP contribution in [0.5, 0.6) is 0 Å². The van der Waals surface area contributed by atoms with Crippen LogP contribution in [0.15, 0.2) is 79.0 Å². The van der Waals surface area contributed by atoms with Crippen molar-refractivity contribution in [2.24, 2.45) is 0 Å². The number of hydrogen-bond donors (Lipinski definition) is 1. The summed E-state index contributed by atoms with van der Waals surface area (Å²) in [6.45, 7) is 1.65. The second-order valence-corrected chi connectivity index (χ2v) is 4.99. The Bertz CT molecular complexity index is 667. The second kappa shape index (κ2) is 8.32. The summed E-state index contributed by atoms with van der Waals surface area (Å²) in [4.78, 5) is 4.30. The van der Waals surface area contributed by atoms with Crippen LogP contribution in [0, 0.1) is 0 Å². The molecule has 22 heavy (non-hydrogen) atoms. The van der Waals surface area contributed by atoms with E-state index in [9.17, 15) is 0 Å². The van der Waals surface area contributed by atoms with Gasteiger partial charge in [0, 0.05) is 19.3 Å². The molecule has 0 aliphatic rings. The van der Waals surface area contributed by atoms with E-state index in [0.29, 0.717) is 0 Å². The van der Waals surface area contributed by atoms with Crippen LogP contribution in [0.1, 0.15) is 11.3 Å². The van der Waals surface area contributed by atoms with E-state index >= 15 is 0 Å². The van der Waals surface area contributed by atoms with Gasteiger partial charge < -0.3 is 17.7 Å². The third-order valence-corrected chi connectivity index (χ3v) is 3.42. The van der Waals surface area contributed by atoms with Crippen molar-refractivity contribution in [3.05, 3.63) is 90.3 Å². The van der Waals surface area contributed by atoms with Gasteiger partial charge in [0.1, 0.15) is 0 Å². The molecule has 0 saturated heterocycles. The zero-order valence-electron chi connectivity index (χ0n) is 12.2. The maximum absolute atomic E-state index is 4.30. The van der Waals surface area contributed by atoms with Crippen LogP contribution in [-0.2, 0) is 13.1 Å². The van der Waals surface area contributed by atoms with Crippen LogP contribution < -0.4 is 17.7 Å². The van der Waals surface area contributed by atoms with E-state index in [1.165, 1.54) is 16.7 Å². The minimum Gasteiger partial charge on any atom is -1.00 e. The average molecular weight is 310 g/mol. The zero-order chi connectivity index (χ0) is 14.3. The predicted octanol–water partition coefficient (Wildman–Crippen LogP) is 1.04. The zero-order valence-corrected chi connectivity index (χ0v) is 13.0. The molecule has 0 aliphatic heterocycles. The standard InChI is InChI=1S/C19H18N2.ClH/c1-2-6-17(7-3-1)18-11-9-16(10-12-18)14-20-15-19-8-4-5-13-21-19;/h1-13,20H,14-15H2;1H/p-1. The van der Waals surface area contributed by atoms with Crippen molar-refractivity contribution in [2.45, 2.75) is 13.1 Å². The number of hydrogen-bond acceptors (Lipinski definition) is 2. The third kappa shape index (κ3) is 4.42. The lowest BCUT2D eigenvalue weighted by Gasteiger charge is -2.06. The molecule has 1 heterocycles. The van der Waals surface area contributed by atoms with Crippen LogP contribution in [-0.4, -0.2) is 4.98 Å². The molecule has 0 atom stereocenters. The minimum atomic E-state index is 0. The normalized spacial score (nSPS) is 10.0. The lowest BCUT2D eigenvalue weighted by Crippen LogP contribution is -3.00. The fourth-order valence-electron chi connectivity index (χ4n) is 2.28. The SMILES string of the molecule is [Cl-].c1ccc(-c2ccc(CNCc3ccccn3)cc2)cc1. The number of nitrogens with zero attached hydrogens (tertiary/aromatic N) is 1. The van der Waals surface area contributed by atoms with Gasteiger partial charge in [-0.15, -0.1) is 0 Å². The Hall–Kier alpha value is -2.16. The predicted molar refractivity (Wildman–Crippen MR) is 86.7 cm³/mol. The minimum absolute atomic E-state index is 0. The van der Waals surface area contributed by atoms with Gasteiger partial charge in [0.25, 0.3) is 0 Å². The molecule has 0 saturated carbocycles. The lowest BCUT2D eigenvalue weighted by molar-refractivity contribution is -0.00000426. The van der Waals surface area contributed by atoms with Gasteiger partial charge >= 0.3 is 0 Å². The highest BCUT2D eigenvalue weighted by Gasteiger charge is 1.98. The molecule has 0 aliphatic carbocycles. The molecule has 3 heteroatoms. The fourth-order valence-corrected chi connectivity index (χ4v) is 2.28. The van der Waals surface area contributed by atoms with Gasteiger partial charge in [-0.3, -0.25) is 4.98 Å². The van der Waals surface area contributed by atoms with E-state index in [-0.39, 0.29) is 12.4 Å². The maximum Gasteiger partial charge on any atom is 0.0541 e. The summed E-state index contributed by atoms with van der Waals surface area (Å²) in [5.74, 6) is 0. The van der Waals surface area contributed by atoms with Gasteiger partial charge in [0.15, 0.2) is 0 Å². The Morgan fingerprint density at radius 2 is 1.36 bits per heavy atom. The summed E-state index contributed by atoms with van der Waals surface area (Å²) in [5, 5.41) is 3.41. The van der Waals surface area contributed by atoms with E-state index in [1.54, 1.807) is 0 Å². The highest BCUT2D eigenvalue weighted by atomic mass is 35.5. The summed E-state index contributed by atoms with van der Waals surface area (Å²) in [5.41, 5.74) is 4.86. The third-order valence-electron chi connectivity index (χ3n) is 3.42. The molecule has 0 bridgehead atoms. The smallest absolute Gasteiger partial charge is 0.0541 e. The number of benzene rings is 2. The van der Waals surface area contributed by atoms with Crippen molar-refractivity contribution < 1.29 is 12.4 Å². The molecule has 3 rings (SSSR count). The van der Waals surface area contributed by atoms with Gasteiger partial charge in [-0.1, -0.05) is 60.7 Å². The summed E-state index contributed by atoms with van der Waals surface area (Å²) in [6.07, 6.45) is 1.83. The summed E-state index contributed by atoms with van der Waals surface area (Å²) >= 11 is 0. The Labute approximate surface area is 137 Å². The van der Waals surface area contributed by atoms with Gasteiger partial charge in [0.2, 0.25) is 0 Å². The number of nitrogens with one attached hydrogen (secondary N) is 1. The van der Waals surface area contributed by atoms with E-state index in [2.05, 4.69) is 58.8 Å². The largest absolute Gasteiger partial charge is 1.00 e. The van der Waals surface area contributed by atoms with Crippen molar-refractivity contribution in [2.75, 3.05) is 0 Å². The highest BCUT2D eigenvalue weighted by Crippen LogP contribution is 2.19. The van der Waals surface area contributed by atoms with Crippen molar-refractivity contribution in [1.29, 1.82) is 0 Å². The molecular formula is C19H18ClN2-. The summed E-state index contributed by atoms with van der Waals surface area (Å²) < 4.78 is 0. The number of rotatable bonds is 5. The Balaban J connectivity index is 0.00000176. The molecule has 3 aromatic rings. The molecular weight excluding hydrogens is 292 g/mol. The van der Waals surface area contributed by atoms with Crippen LogP contribution in [0.4, 0.5) is 0 Å². The maximum atomic E-state index is 4.30. The topological polar surface area (TPSA) is 24.9 Å². The molecule has 0 spiro atoms. The summed E-state index contributed by atoms with van der Waals surface area (Å²) in [6, 6.07) is 25.1. The van der Waals surface area contributed by atoms with E-state index in [1.807, 2.05) is 30.5 Å². The molecule has 1 aromatic heterocycles. The average Bonchev–Trinajstić information content (AvgIpc) is 2.57. The molecule has 112 valence electrons. The Kier molecular flexibility index (Phi) is 6.13. The van der Waals surface area contributed by atoms with E-state index < -0.39 is 0 Å². The monoisotopic (exact) mass is 309 g/mol. The first-order valence-electron chi connectivity index (χ1n) is 7.17. The van der Waals surface area contributed by atoms with Crippen molar-refractivity contribution >= 4 is 0 Å². The van der Waals surface area contributed by atoms with Crippen LogP contribution in [0.2, 0.25) is 0 Å². The lowest BCUT2D eigenvalue weighted by atomic mass is 10.0. The van der Waals surface area contributed by atoms with Gasteiger partial charge in [-0.25, -0.2) is 0 Å². The molecule has 0 unspecified atom stereocenters.